The average Bonchev–Trinajstić information content (AvgIpc) is 3.26. The third kappa shape index (κ3) is 4.34. The van der Waals surface area contributed by atoms with Gasteiger partial charge in [0.1, 0.15) is 11.5 Å². The van der Waals surface area contributed by atoms with Gasteiger partial charge in [-0.05, 0) is 50.6 Å². The summed E-state index contributed by atoms with van der Waals surface area (Å²) in [5, 5.41) is 4.58. The number of aromatic nitrogens is 5. The van der Waals surface area contributed by atoms with Crippen LogP contribution in [0.1, 0.15) is 25.2 Å². The van der Waals surface area contributed by atoms with Crippen LogP contribution in [0.15, 0.2) is 53.9 Å². The van der Waals surface area contributed by atoms with Gasteiger partial charge in [-0.1, -0.05) is 12.1 Å². The average molecular weight is 457 g/mol. The first kappa shape index (κ1) is 22.0. The lowest BCUT2D eigenvalue weighted by Crippen LogP contribution is -2.37. The number of benzene rings is 1. The normalized spacial score (nSPS) is 14.6. The van der Waals surface area contributed by atoms with E-state index in [0.717, 1.165) is 53.7 Å². The molecule has 3 aromatic heterocycles. The van der Waals surface area contributed by atoms with Crippen molar-refractivity contribution in [2.24, 2.45) is 5.10 Å². The number of morpholine rings is 1. The summed E-state index contributed by atoms with van der Waals surface area (Å²) in [6.07, 6.45) is 3.56. The number of rotatable bonds is 6. The summed E-state index contributed by atoms with van der Waals surface area (Å²) < 4.78 is 7.70. The molecule has 174 valence electrons. The Balaban J connectivity index is 1.63. The molecule has 1 fully saturated rings. The number of fused-ring (bicyclic) bond motifs is 1. The van der Waals surface area contributed by atoms with Crippen LogP contribution in [-0.2, 0) is 11.3 Å². The molecule has 4 aromatic rings. The van der Waals surface area contributed by atoms with Crippen molar-refractivity contribution < 1.29 is 4.74 Å². The second-order valence-corrected chi connectivity index (χ2v) is 8.24. The molecule has 1 N–H and O–H groups in total. The summed E-state index contributed by atoms with van der Waals surface area (Å²) in [5.74, 6) is 2.24. The Morgan fingerprint density at radius 3 is 2.62 bits per heavy atom. The molecule has 34 heavy (non-hydrogen) atoms. The maximum Gasteiger partial charge on any atom is 0.179 e. The maximum atomic E-state index is 5.58. The third-order valence-corrected chi connectivity index (χ3v) is 5.84. The number of hydrazone groups is 1. The molecular formula is C25H28N8O. The minimum Gasteiger partial charge on any atom is -0.378 e. The predicted octanol–water partition coefficient (Wildman–Crippen LogP) is 3.89. The van der Waals surface area contributed by atoms with Crippen LogP contribution in [0.2, 0.25) is 0 Å². The van der Waals surface area contributed by atoms with Crippen LogP contribution in [0.3, 0.4) is 0 Å². The minimum atomic E-state index is 0.574. The highest BCUT2D eigenvalue weighted by Gasteiger charge is 2.23. The molecule has 1 aliphatic heterocycles. The van der Waals surface area contributed by atoms with Gasteiger partial charge in [0.15, 0.2) is 22.8 Å². The smallest absolute Gasteiger partial charge is 0.179 e. The Morgan fingerprint density at radius 1 is 1.09 bits per heavy atom. The van der Waals surface area contributed by atoms with Crippen LogP contribution < -0.4 is 10.3 Å². The van der Waals surface area contributed by atoms with E-state index < -0.39 is 0 Å². The number of aryl methyl sites for hydroxylation is 2. The van der Waals surface area contributed by atoms with Crippen molar-refractivity contribution >= 4 is 28.4 Å². The van der Waals surface area contributed by atoms with E-state index in [4.69, 9.17) is 19.7 Å². The molecular weight excluding hydrogens is 428 g/mol. The van der Waals surface area contributed by atoms with Crippen molar-refractivity contribution in [2.45, 2.75) is 27.3 Å². The fourth-order valence-corrected chi connectivity index (χ4v) is 4.08. The molecule has 0 radical (unpaired) electrons. The third-order valence-electron chi connectivity index (χ3n) is 5.84. The molecule has 0 aliphatic carbocycles. The summed E-state index contributed by atoms with van der Waals surface area (Å²) in [5.41, 5.74) is 8.51. The molecule has 1 saturated heterocycles. The topological polar surface area (TPSA) is 93.4 Å². The number of pyridine rings is 1. The first-order valence-corrected chi connectivity index (χ1v) is 11.5. The summed E-state index contributed by atoms with van der Waals surface area (Å²) in [6.45, 7) is 9.64. The van der Waals surface area contributed by atoms with Crippen LogP contribution in [0.4, 0.5) is 11.5 Å². The quantitative estimate of drug-likeness (QED) is 0.347. The maximum absolute atomic E-state index is 5.58. The molecule has 5 rings (SSSR count). The van der Waals surface area contributed by atoms with Crippen LogP contribution >= 0.6 is 0 Å². The monoisotopic (exact) mass is 456 g/mol. The lowest BCUT2D eigenvalue weighted by molar-refractivity contribution is 0.122. The zero-order valence-corrected chi connectivity index (χ0v) is 19.7. The molecule has 0 unspecified atom stereocenters. The number of imidazole rings is 1. The number of nitrogens with zero attached hydrogens (tertiary/aromatic N) is 7. The Bertz CT molecular complexity index is 1330. The molecule has 0 saturated carbocycles. The van der Waals surface area contributed by atoms with Gasteiger partial charge < -0.3 is 14.2 Å². The van der Waals surface area contributed by atoms with Gasteiger partial charge in [-0.15, -0.1) is 0 Å². The van der Waals surface area contributed by atoms with Crippen LogP contribution in [0.25, 0.3) is 22.6 Å². The second kappa shape index (κ2) is 9.56. The predicted molar refractivity (Wildman–Crippen MR) is 134 cm³/mol. The van der Waals surface area contributed by atoms with E-state index in [2.05, 4.69) is 44.9 Å². The summed E-state index contributed by atoms with van der Waals surface area (Å²) >= 11 is 0. The fraction of sp³-hybridized carbons (Fsp3) is 0.320. The van der Waals surface area contributed by atoms with E-state index in [9.17, 15) is 0 Å². The van der Waals surface area contributed by atoms with Crippen molar-refractivity contribution in [2.75, 3.05) is 36.6 Å². The molecule has 0 bridgehead atoms. The highest BCUT2D eigenvalue weighted by Crippen LogP contribution is 2.29. The number of hydrogen-bond acceptors (Lipinski definition) is 8. The SMILES string of the molecule is CCn1c(-c2ccncc2)nc2c(N3CCOCC3)nc(C(C)=NNc3cccc(C)c3)nc21. The van der Waals surface area contributed by atoms with Crippen molar-refractivity contribution in [3.8, 4) is 11.4 Å². The number of hydrogen-bond donors (Lipinski definition) is 1. The van der Waals surface area contributed by atoms with Crippen molar-refractivity contribution in [3.63, 3.8) is 0 Å². The Hall–Kier alpha value is -3.85. The molecule has 1 aromatic carbocycles. The molecule has 1 aliphatic rings. The highest BCUT2D eigenvalue weighted by molar-refractivity contribution is 5.99. The highest BCUT2D eigenvalue weighted by atomic mass is 16.5. The Kier molecular flexibility index (Phi) is 6.18. The molecule has 0 atom stereocenters. The van der Waals surface area contributed by atoms with E-state index in [1.54, 1.807) is 12.4 Å². The van der Waals surface area contributed by atoms with Gasteiger partial charge in [0, 0.05) is 37.6 Å². The molecule has 4 heterocycles. The molecule has 9 heteroatoms. The van der Waals surface area contributed by atoms with Crippen molar-refractivity contribution in [1.29, 1.82) is 0 Å². The first-order chi connectivity index (χ1) is 16.6. The molecule has 9 nitrogen and oxygen atoms in total. The second-order valence-electron chi connectivity index (χ2n) is 8.24. The van der Waals surface area contributed by atoms with Gasteiger partial charge in [-0.25, -0.2) is 15.0 Å². The van der Waals surface area contributed by atoms with E-state index in [0.29, 0.717) is 24.7 Å². The standard InChI is InChI=1S/C25H28N8O/c1-4-33-23(19-8-10-26-11-9-19)27-21-24(32-12-14-34-15-13-32)28-22(29-25(21)33)18(3)30-31-20-7-5-6-17(2)16-20/h5-11,16,31H,4,12-15H2,1-3H3. The number of anilines is 2. The van der Waals surface area contributed by atoms with Gasteiger partial charge in [-0.3, -0.25) is 10.4 Å². The van der Waals surface area contributed by atoms with E-state index in [1.165, 1.54) is 5.56 Å². The van der Waals surface area contributed by atoms with Gasteiger partial charge in [-0.2, -0.15) is 5.10 Å². The zero-order valence-electron chi connectivity index (χ0n) is 19.7. The Morgan fingerprint density at radius 2 is 1.88 bits per heavy atom. The summed E-state index contributed by atoms with van der Waals surface area (Å²) in [7, 11) is 0. The lowest BCUT2D eigenvalue weighted by atomic mass is 10.2. The first-order valence-electron chi connectivity index (χ1n) is 11.5. The van der Waals surface area contributed by atoms with Gasteiger partial charge in [0.05, 0.1) is 18.9 Å². The number of nitrogens with one attached hydrogen (secondary N) is 1. The molecule has 0 amide bonds. The van der Waals surface area contributed by atoms with Crippen LogP contribution in [-0.4, -0.2) is 56.5 Å². The fourth-order valence-electron chi connectivity index (χ4n) is 4.08. The van der Waals surface area contributed by atoms with E-state index in [-0.39, 0.29) is 0 Å². The minimum absolute atomic E-state index is 0.574. The van der Waals surface area contributed by atoms with Gasteiger partial charge in [0.2, 0.25) is 0 Å². The van der Waals surface area contributed by atoms with Crippen LogP contribution in [0.5, 0.6) is 0 Å². The van der Waals surface area contributed by atoms with Gasteiger partial charge in [0.25, 0.3) is 0 Å². The zero-order chi connectivity index (χ0) is 23.5. The van der Waals surface area contributed by atoms with Crippen molar-refractivity contribution in [3.05, 3.63) is 60.2 Å². The van der Waals surface area contributed by atoms with E-state index in [1.807, 2.05) is 37.3 Å². The lowest BCUT2D eigenvalue weighted by Gasteiger charge is -2.28. The van der Waals surface area contributed by atoms with E-state index >= 15 is 0 Å². The largest absolute Gasteiger partial charge is 0.378 e. The van der Waals surface area contributed by atoms with Crippen molar-refractivity contribution in [1.82, 2.24) is 24.5 Å². The number of ether oxygens (including phenoxy) is 1. The Labute approximate surface area is 198 Å². The summed E-state index contributed by atoms with van der Waals surface area (Å²) in [4.78, 5) is 21.2. The molecule has 0 spiro atoms. The summed E-state index contributed by atoms with van der Waals surface area (Å²) in [6, 6.07) is 12.0. The van der Waals surface area contributed by atoms with Crippen LogP contribution in [0, 0.1) is 6.92 Å². The van der Waals surface area contributed by atoms with Gasteiger partial charge >= 0.3 is 0 Å².